The standard InChI is InChI=1S/C14H18N2O/c1-11(12-6-3-2-4-7-12)16-9-5-8-13(10-16)14(15)17/h2-4,6-7,10-11H,5,8-9H2,1H3,(H2,15,17)/t11-/m1/s1. The third-order valence-corrected chi connectivity index (χ3v) is 3.28. The van der Waals surface area contributed by atoms with Crippen LogP contribution in [0.4, 0.5) is 0 Å². The van der Waals surface area contributed by atoms with Crippen LogP contribution in [0, 0.1) is 0 Å². The van der Waals surface area contributed by atoms with Crippen molar-refractivity contribution in [1.29, 1.82) is 0 Å². The first-order valence-electron chi connectivity index (χ1n) is 5.99. The van der Waals surface area contributed by atoms with Crippen LogP contribution in [0.15, 0.2) is 42.1 Å². The number of primary amides is 1. The summed E-state index contributed by atoms with van der Waals surface area (Å²) in [7, 11) is 0. The van der Waals surface area contributed by atoms with Crippen molar-refractivity contribution in [3.63, 3.8) is 0 Å². The van der Waals surface area contributed by atoms with Crippen LogP contribution in [-0.2, 0) is 4.79 Å². The van der Waals surface area contributed by atoms with E-state index in [1.165, 1.54) is 5.56 Å². The molecule has 0 fully saturated rings. The molecule has 0 aliphatic carbocycles. The number of hydrogen-bond donors (Lipinski definition) is 1. The third kappa shape index (κ3) is 2.67. The summed E-state index contributed by atoms with van der Waals surface area (Å²) in [5.41, 5.74) is 7.33. The first-order chi connectivity index (χ1) is 8.18. The first-order valence-corrected chi connectivity index (χ1v) is 5.99. The third-order valence-electron chi connectivity index (χ3n) is 3.28. The number of carbonyl (C=O) groups is 1. The van der Waals surface area contributed by atoms with Crippen molar-refractivity contribution in [2.24, 2.45) is 5.73 Å². The summed E-state index contributed by atoms with van der Waals surface area (Å²) in [4.78, 5) is 13.4. The fourth-order valence-corrected chi connectivity index (χ4v) is 2.20. The highest BCUT2D eigenvalue weighted by Gasteiger charge is 2.18. The summed E-state index contributed by atoms with van der Waals surface area (Å²) in [6.45, 7) is 3.13. The van der Waals surface area contributed by atoms with E-state index < -0.39 is 0 Å². The van der Waals surface area contributed by atoms with Crippen LogP contribution in [-0.4, -0.2) is 17.4 Å². The average Bonchev–Trinajstić information content (AvgIpc) is 2.39. The molecule has 0 bridgehead atoms. The van der Waals surface area contributed by atoms with Gasteiger partial charge in [0.05, 0.1) is 6.04 Å². The van der Waals surface area contributed by atoms with E-state index in [2.05, 4.69) is 24.0 Å². The maximum Gasteiger partial charge on any atom is 0.246 e. The van der Waals surface area contributed by atoms with Crippen molar-refractivity contribution in [1.82, 2.24) is 4.90 Å². The van der Waals surface area contributed by atoms with Crippen LogP contribution >= 0.6 is 0 Å². The van der Waals surface area contributed by atoms with Gasteiger partial charge in [-0.25, -0.2) is 0 Å². The molecule has 2 rings (SSSR count). The summed E-state index contributed by atoms with van der Waals surface area (Å²) in [6, 6.07) is 10.6. The highest BCUT2D eigenvalue weighted by Crippen LogP contribution is 2.25. The van der Waals surface area contributed by atoms with Gasteiger partial charge in [-0.05, 0) is 25.3 Å². The van der Waals surface area contributed by atoms with E-state index in [1.54, 1.807) is 0 Å². The Morgan fingerprint density at radius 2 is 2.06 bits per heavy atom. The molecule has 0 spiro atoms. The van der Waals surface area contributed by atoms with Gasteiger partial charge in [0, 0.05) is 18.3 Å². The molecule has 3 nitrogen and oxygen atoms in total. The normalized spacial score (nSPS) is 17.5. The van der Waals surface area contributed by atoms with Crippen LogP contribution in [0.2, 0.25) is 0 Å². The highest BCUT2D eigenvalue weighted by atomic mass is 16.1. The molecule has 17 heavy (non-hydrogen) atoms. The summed E-state index contributed by atoms with van der Waals surface area (Å²) in [5, 5.41) is 0. The van der Waals surface area contributed by atoms with Gasteiger partial charge < -0.3 is 10.6 Å². The van der Waals surface area contributed by atoms with Crippen molar-refractivity contribution < 1.29 is 4.79 Å². The molecule has 0 unspecified atom stereocenters. The Labute approximate surface area is 102 Å². The predicted octanol–water partition coefficient (Wildman–Crippen LogP) is 2.21. The molecule has 1 aliphatic rings. The number of carbonyl (C=O) groups excluding carboxylic acids is 1. The minimum Gasteiger partial charge on any atom is -0.370 e. The van der Waals surface area contributed by atoms with Gasteiger partial charge in [0.1, 0.15) is 0 Å². The van der Waals surface area contributed by atoms with Crippen LogP contribution < -0.4 is 5.73 Å². The monoisotopic (exact) mass is 230 g/mol. The Kier molecular flexibility index (Phi) is 3.47. The second-order valence-electron chi connectivity index (χ2n) is 4.45. The van der Waals surface area contributed by atoms with Crippen molar-refractivity contribution in [3.8, 4) is 0 Å². The van der Waals surface area contributed by atoms with Gasteiger partial charge in [-0.2, -0.15) is 0 Å². The molecule has 1 aromatic rings. The average molecular weight is 230 g/mol. The molecule has 1 aromatic carbocycles. The minimum absolute atomic E-state index is 0.283. The van der Waals surface area contributed by atoms with Gasteiger partial charge >= 0.3 is 0 Å². The van der Waals surface area contributed by atoms with Crippen LogP contribution in [0.5, 0.6) is 0 Å². The van der Waals surface area contributed by atoms with Crippen LogP contribution in [0.25, 0.3) is 0 Å². The lowest BCUT2D eigenvalue weighted by Gasteiger charge is -2.32. The highest BCUT2D eigenvalue weighted by molar-refractivity contribution is 5.91. The van der Waals surface area contributed by atoms with Gasteiger partial charge in [0.25, 0.3) is 0 Å². The topological polar surface area (TPSA) is 46.3 Å². The van der Waals surface area contributed by atoms with Gasteiger partial charge in [0.15, 0.2) is 0 Å². The zero-order valence-corrected chi connectivity index (χ0v) is 10.1. The van der Waals surface area contributed by atoms with Crippen molar-refractivity contribution in [3.05, 3.63) is 47.7 Å². The predicted molar refractivity (Wildman–Crippen MR) is 68.1 cm³/mol. The molecular weight excluding hydrogens is 212 g/mol. The lowest BCUT2D eigenvalue weighted by atomic mass is 10.0. The Hall–Kier alpha value is -1.77. The van der Waals surface area contributed by atoms with E-state index in [4.69, 9.17) is 5.73 Å². The van der Waals surface area contributed by atoms with E-state index in [9.17, 15) is 4.79 Å². The lowest BCUT2D eigenvalue weighted by Crippen LogP contribution is -2.29. The molecule has 1 heterocycles. The molecule has 1 amide bonds. The smallest absolute Gasteiger partial charge is 0.246 e. The molecule has 2 N–H and O–H groups in total. The van der Waals surface area contributed by atoms with E-state index in [0.29, 0.717) is 0 Å². The summed E-state index contributed by atoms with van der Waals surface area (Å²) in [5.74, 6) is -0.296. The maximum absolute atomic E-state index is 11.2. The van der Waals surface area contributed by atoms with Gasteiger partial charge in [0.2, 0.25) is 5.91 Å². The summed E-state index contributed by atoms with van der Waals surface area (Å²) >= 11 is 0. The molecule has 0 saturated heterocycles. The van der Waals surface area contributed by atoms with Crippen molar-refractivity contribution >= 4 is 5.91 Å². The zero-order valence-electron chi connectivity index (χ0n) is 10.1. The Morgan fingerprint density at radius 1 is 1.35 bits per heavy atom. The van der Waals surface area contributed by atoms with Gasteiger partial charge in [-0.1, -0.05) is 30.3 Å². The van der Waals surface area contributed by atoms with Gasteiger partial charge in [-0.15, -0.1) is 0 Å². The Balaban J connectivity index is 2.18. The molecule has 0 radical (unpaired) electrons. The SMILES string of the molecule is C[C@H](c1ccccc1)N1C=C(C(N)=O)CCC1. The van der Waals surface area contributed by atoms with E-state index in [1.807, 2.05) is 24.4 Å². The second kappa shape index (κ2) is 5.04. The molecule has 1 aliphatic heterocycles. The van der Waals surface area contributed by atoms with E-state index in [0.717, 1.165) is 25.0 Å². The number of rotatable bonds is 3. The van der Waals surface area contributed by atoms with Crippen molar-refractivity contribution in [2.75, 3.05) is 6.54 Å². The van der Waals surface area contributed by atoms with Crippen LogP contribution in [0.3, 0.4) is 0 Å². The number of nitrogens with zero attached hydrogens (tertiary/aromatic N) is 1. The Bertz CT molecular complexity index is 425. The number of nitrogens with two attached hydrogens (primary N) is 1. The van der Waals surface area contributed by atoms with E-state index >= 15 is 0 Å². The Morgan fingerprint density at radius 3 is 2.71 bits per heavy atom. The fourth-order valence-electron chi connectivity index (χ4n) is 2.20. The first kappa shape index (κ1) is 11.7. The summed E-state index contributed by atoms with van der Waals surface area (Å²) in [6.07, 6.45) is 3.71. The lowest BCUT2D eigenvalue weighted by molar-refractivity contribution is -0.114. The fraction of sp³-hybridized carbons (Fsp3) is 0.357. The summed E-state index contributed by atoms with van der Waals surface area (Å²) < 4.78 is 0. The minimum atomic E-state index is -0.296. The number of hydrogen-bond acceptors (Lipinski definition) is 2. The molecular formula is C14H18N2O. The van der Waals surface area contributed by atoms with Crippen molar-refractivity contribution in [2.45, 2.75) is 25.8 Å². The molecule has 3 heteroatoms. The molecule has 0 aromatic heterocycles. The zero-order chi connectivity index (χ0) is 12.3. The largest absolute Gasteiger partial charge is 0.370 e. The number of amides is 1. The van der Waals surface area contributed by atoms with E-state index in [-0.39, 0.29) is 11.9 Å². The molecule has 90 valence electrons. The van der Waals surface area contributed by atoms with Gasteiger partial charge in [-0.3, -0.25) is 4.79 Å². The maximum atomic E-state index is 11.2. The molecule has 0 saturated carbocycles. The number of benzene rings is 1. The van der Waals surface area contributed by atoms with Crippen LogP contribution in [0.1, 0.15) is 31.4 Å². The quantitative estimate of drug-likeness (QED) is 0.865. The molecule has 1 atom stereocenters. The second-order valence-corrected chi connectivity index (χ2v) is 4.45.